The van der Waals surface area contributed by atoms with E-state index in [4.69, 9.17) is 5.73 Å². The van der Waals surface area contributed by atoms with E-state index in [9.17, 15) is 32.3 Å². The second kappa shape index (κ2) is 10.9. The molecule has 2 atom stereocenters. The molecule has 12 heteroatoms. The minimum absolute atomic E-state index is 0.126. The number of ether oxygens (including phenoxy) is 1. The van der Waals surface area contributed by atoms with E-state index in [1.165, 1.54) is 17.9 Å². The van der Waals surface area contributed by atoms with Crippen LogP contribution < -0.4 is 10.6 Å². The first-order valence-corrected chi connectivity index (χ1v) is 10.8. The van der Waals surface area contributed by atoms with Gasteiger partial charge < -0.3 is 20.3 Å². The van der Waals surface area contributed by atoms with Crippen LogP contribution in [0.5, 0.6) is 0 Å². The average Bonchev–Trinajstić information content (AvgIpc) is 2.85. The van der Waals surface area contributed by atoms with Crippen molar-refractivity contribution in [1.82, 2.24) is 4.90 Å². The molecule has 0 bridgehead atoms. The van der Waals surface area contributed by atoms with Crippen LogP contribution >= 0.6 is 12.6 Å². The lowest BCUT2D eigenvalue weighted by Crippen LogP contribution is -2.46. The first-order chi connectivity index (χ1) is 15.8. The fraction of sp³-hybridized carbons (Fsp3) is 0.455. The standard InChI is InChI=1S/C22H24F3N3O5S/c1-12(2)28-17-7-5-14(4-6-15(34)10-26)9-16(17)20(31)27(11-18(28)29)13(3)8-19(30)33-21(32)22(23,24)25/h5,7,9,12-13,15,34H,8,10-11,26H2,1-3H3. The summed E-state index contributed by atoms with van der Waals surface area (Å²) in [5.41, 5.74) is 6.42. The fourth-order valence-electron chi connectivity index (χ4n) is 3.28. The number of rotatable bonds is 5. The van der Waals surface area contributed by atoms with Crippen molar-refractivity contribution in [2.24, 2.45) is 5.73 Å². The Morgan fingerprint density at radius 3 is 2.44 bits per heavy atom. The molecular weight excluding hydrogens is 475 g/mol. The molecule has 0 aliphatic carbocycles. The van der Waals surface area contributed by atoms with Gasteiger partial charge >= 0.3 is 18.1 Å². The lowest BCUT2D eigenvalue weighted by atomic mass is 10.0. The van der Waals surface area contributed by atoms with Gasteiger partial charge in [0.25, 0.3) is 5.91 Å². The van der Waals surface area contributed by atoms with Crippen molar-refractivity contribution in [1.29, 1.82) is 0 Å². The smallest absolute Gasteiger partial charge is 0.386 e. The number of halogens is 3. The van der Waals surface area contributed by atoms with E-state index < -0.39 is 48.9 Å². The molecule has 1 heterocycles. The van der Waals surface area contributed by atoms with Gasteiger partial charge in [0.15, 0.2) is 0 Å². The van der Waals surface area contributed by atoms with Crippen LogP contribution in [0, 0.1) is 11.8 Å². The average molecular weight is 500 g/mol. The molecule has 0 saturated carbocycles. The Kier molecular flexibility index (Phi) is 8.74. The highest BCUT2D eigenvalue weighted by Crippen LogP contribution is 2.30. The number of benzene rings is 1. The molecule has 184 valence electrons. The van der Waals surface area contributed by atoms with Crippen molar-refractivity contribution in [2.45, 2.75) is 50.7 Å². The van der Waals surface area contributed by atoms with E-state index in [1.807, 2.05) is 0 Å². The van der Waals surface area contributed by atoms with E-state index in [2.05, 4.69) is 29.2 Å². The molecule has 0 spiro atoms. The third-order valence-corrected chi connectivity index (χ3v) is 5.22. The van der Waals surface area contributed by atoms with E-state index in [-0.39, 0.29) is 23.4 Å². The predicted molar refractivity (Wildman–Crippen MR) is 120 cm³/mol. The Bertz CT molecular complexity index is 1050. The lowest BCUT2D eigenvalue weighted by Gasteiger charge is -2.28. The van der Waals surface area contributed by atoms with Gasteiger partial charge in [-0.25, -0.2) is 4.79 Å². The van der Waals surface area contributed by atoms with Gasteiger partial charge in [-0.3, -0.25) is 14.4 Å². The van der Waals surface area contributed by atoms with Crippen molar-refractivity contribution < 1.29 is 37.1 Å². The Hall–Kier alpha value is -3.04. The molecule has 0 saturated heterocycles. The number of carbonyl (C=O) groups is 4. The van der Waals surface area contributed by atoms with Gasteiger partial charge in [-0.2, -0.15) is 25.8 Å². The molecule has 0 aromatic heterocycles. The summed E-state index contributed by atoms with van der Waals surface area (Å²) in [5.74, 6) is 0.473. The number of carbonyl (C=O) groups excluding carboxylic acids is 4. The van der Waals surface area contributed by atoms with E-state index in [0.717, 1.165) is 4.90 Å². The fourth-order valence-corrected chi connectivity index (χ4v) is 3.34. The Balaban J connectivity index is 2.40. The van der Waals surface area contributed by atoms with Crippen LogP contribution in [0.3, 0.4) is 0 Å². The van der Waals surface area contributed by atoms with Crippen LogP contribution in [0.15, 0.2) is 18.2 Å². The van der Waals surface area contributed by atoms with Crippen molar-refractivity contribution in [3.05, 3.63) is 29.3 Å². The lowest BCUT2D eigenvalue weighted by molar-refractivity contribution is -0.202. The van der Waals surface area contributed by atoms with Gasteiger partial charge in [0, 0.05) is 24.2 Å². The highest BCUT2D eigenvalue weighted by atomic mass is 32.1. The number of esters is 2. The summed E-state index contributed by atoms with van der Waals surface area (Å²) < 4.78 is 40.9. The molecule has 2 unspecified atom stereocenters. The molecule has 1 aromatic carbocycles. The molecule has 1 aliphatic heterocycles. The van der Waals surface area contributed by atoms with Crippen molar-refractivity contribution in [2.75, 3.05) is 18.0 Å². The number of fused-ring (bicyclic) bond motifs is 1. The van der Waals surface area contributed by atoms with E-state index >= 15 is 0 Å². The molecule has 34 heavy (non-hydrogen) atoms. The second-order valence-electron chi connectivity index (χ2n) is 7.86. The Morgan fingerprint density at radius 2 is 1.88 bits per heavy atom. The van der Waals surface area contributed by atoms with Crippen LogP contribution in [0.25, 0.3) is 0 Å². The van der Waals surface area contributed by atoms with Crippen LogP contribution in [0.1, 0.15) is 43.1 Å². The number of anilines is 1. The van der Waals surface area contributed by atoms with Crippen molar-refractivity contribution in [3.8, 4) is 11.8 Å². The molecule has 0 fully saturated rings. The zero-order chi connectivity index (χ0) is 25.8. The number of hydrogen-bond acceptors (Lipinski definition) is 7. The summed E-state index contributed by atoms with van der Waals surface area (Å²) in [6.07, 6.45) is -6.06. The minimum atomic E-state index is -5.34. The minimum Gasteiger partial charge on any atom is -0.386 e. The van der Waals surface area contributed by atoms with Crippen LogP contribution in [-0.4, -0.2) is 65.3 Å². The monoisotopic (exact) mass is 499 g/mol. The summed E-state index contributed by atoms with van der Waals surface area (Å²) in [7, 11) is 0. The third-order valence-electron chi connectivity index (χ3n) is 4.88. The molecule has 2 rings (SSSR count). The number of thiol groups is 1. The summed E-state index contributed by atoms with van der Waals surface area (Å²) >= 11 is 4.20. The molecule has 2 amide bonds. The van der Waals surface area contributed by atoms with Crippen LogP contribution in [0.4, 0.5) is 18.9 Å². The van der Waals surface area contributed by atoms with Gasteiger partial charge in [-0.05, 0) is 39.0 Å². The summed E-state index contributed by atoms with van der Waals surface area (Å²) in [6.45, 7) is 4.66. The normalized spacial score (nSPS) is 15.8. The third kappa shape index (κ3) is 6.51. The summed E-state index contributed by atoms with van der Waals surface area (Å²) in [6, 6.07) is 3.34. The summed E-state index contributed by atoms with van der Waals surface area (Å²) in [4.78, 5) is 51.6. The first-order valence-electron chi connectivity index (χ1n) is 10.2. The number of nitrogens with zero attached hydrogens (tertiary/aromatic N) is 2. The van der Waals surface area contributed by atoms with E-state index in [1.54, 1.807) is 26.0 Å². The summed E-state index contributed by atoms with van der Waals surface area (Å²) in [5, 5.41) is -0.384. The predicted octanol–water partition coefficient (Wildman–Crippen LogP) is 1.90. The number of hydrogen-bond donors (Lipinski definition) is 2. The second-order valence-corrected chi connectivity index (χ2v) is 8.48. The molecule has 1 aromatic rings. The first kappa shape index (κ1) is 27.2. The topological polar surface area (TPSA) is 110 Å². The quantitative estimate of drug-likeness (QED) is 0.277. The number of nitrogens with two attached hydrogens (primary N) is 1. The Morgan fingerprint density at radius 1 is 1.24 bits per heavy atom. The van der Waals surface area contributed by atoms with Crippen LogP contribution in [0.2, 0.25) is 0 Å². The maximum absolute atomic E-state index is 13.4. The van der Waals surface area contributed by atoms with Crippen LogP contribution in [-0.2, 0) is 19.1 Å². The van der Waals surface area contributed by atoms with Gasteiger partial charge in [0.1, 0.15) is 6.54 Å². The zero-order valence-electron chi connectivity index (χ0n) is 18.7. The molecule has 8 nitrogen and oxygen atoms in total. The van der Waals surface area contributed by atoms with Gasteiger partial charge in [0.05, 0.1) is 22.9 Å². The molecule has 0 radical (unpaired) electrons. The van der Waals surface area contributed by atoms with Crippen molar-refractivity contribution >= 4 is 42.1 Å². The zero-order valence-corrected chi connectivity index (χ0v) is 19.6. The van der Waals surface area contributed by atoms with Gasteiger partial charge in [-0.15, -0.1) is 0 Å². The van der Waals surface area contributed by atoms with Gasteiger partial charge in [0.2, 0.25) is 5.91 Å². The number of amides is 2. The SMILES string of the molecule is CC(CC(=O)OC(=O)C(F)(F)F)N1CC(=O)N(C(C)C)c2ccc(C#CC(S)CN)cc2C1=O. The molecule has 1 aliphatic rings. The molecule has 2 N–H and O–H groups in total. The van der Waals surface area contributed by atoms with E-state index in [0.29, 0.717) is 11.3 Å². The highest BCUT2D eigenvalue weighted by molar-refractivity contribution is 7.81. The highest BCUT2D eigenvalue weighted by Gasteiger charge is 2.43. The van der Waals surface area contributed by atoms with Gasteiger partial charge in [-0.1, -0.05) is 11.8 Å². The largest absolute Gasteiger partial charge is 0.491 e. The molecular formula is C22H24F3N3O5S. The maximum Gasteiger partial charge on any atom is 0.491 e. The number of alkyl halides is 3. The Labute approximate surface area is 200 Å². The maximum atomic E-state index is 13.4. The van der Waals surface area contributed by atoms with Crippen molar-refractivity contribution in [3.63, 3.8) is 0 Å².